The zero-order valence-electron chi connectivity index (χ0n) is 16.7. The monoisotopic (exact) mass is 383 g/mol. The molecule has 0 heterocycles. The fourth-order valence-corrected chi connectivity index (χ4v) is 3.96. The third kappa shape index (κ3) is 3.79. The minimum absolute atomic E-state index is 0.0427. The molecule has 0 unspecified atom stereocenters. The third-order valence-corrected chi connectivity index (χ3v) is 5.65. The lowest BCUT2D eigenvalue weighted by Crippen LogP contribution is -2.25. The summed E-state index contributed by atoms with van der Waals surface area (Å²) in [5, 5.41) is 4.19. The van der Waals surface area contributed by atoms with Gasteiger partial charge in [-0.05, 0) is 35.2 Å². The van der Waals surface area contributed by atoms with Crippen LogP contribution in [0.3, 0.4) is 0 Å². The summed E-state index contributed by atoms with van der Waals surface area (Å²) in [5.41, 5.74) is 6.90. The molecule has 0 spiro atoms. The first-order valence-corrected chi connectivity index (χ1v) is 9.82. The van der Waals surface area contributed by atoms with Crippen molar-refractivity contribution in [1.29, 1.82) is 0 Å². The zero-order chi connectivity index (χ0) is 20.3. The number of carbonyl (C=O) groups excluding carboxylic acids is 1. The average molecular weight is 383 g/mol. The van der Waals surface area contributed by atoms with Gasteiger partial charge in [-0.15, -0.1) is 0 Å². The first kappa shape index (κ1) is 18.9. The summed E-state index contributed by atoms with van der Waals surface area (Å²) in [4.78, 5) is 14.9. The number of rotatable bonds is 6. The van der Waals surface area contributed by atoms with Crippen LogP contribution in [0.5, 0.6) is 0 Å². The highest BCUT2D eigenvalue weighted by Crippen LogP contribution is 2.58. The highest BCUT2D eigenvalue weighted by Gasteiger charge is 2.60. The van der Waals surface area contributed by atoms with Gasteiger partial charge in [0.25, 0.3) is 0 Å². The maximum Gasteiger partial charge on any atom is 0.244 e. The lowest BCUT2D eigenvalue weighted by atomic mass is 9.85. The predicted molar refractivity (Wildman–Crippen MR) is 118 cm³/mol. The van der Waals surface area contributed by atoms with Gasteiger partial charge in [0, 0.05) is 25.2 Å². The van der Waals surface area contributed by atoms with Crippen molar-refractivity contribution in [3.8, 4) is 0 Å². The van der Waals surface area contributed by atoms with Gasteiger partial charge in [0.1, 0.15) is 0 Å². The molecule has 4 nitrogen and oxygen atoms in total. The van der Waals surface area contributed by atoms with Crippen LogP contribution in [0.2, 0.25) is 0 Å². The molecule has 1 aliphatic rings. The van der Waals surface area contributed by atoms with E-state index in [0.717, 1.165) is 17.7 Å². The molecule has 0 radical (unpaired) electrons. The van der Waals surface area contributed by atoms with Gasteiger partial charge in [-0.3, -0.25) is 4.79 Å². The number of nitrogens with zero attached hydrogens (tertiary/aromatic N) is 2. The highest BCUT2D eigenvalue weighted by atomic mass is 16.2. The minimum atomic E-state index is -0.268. The van der Waals surface area contributed by atoms with Crippen LogP contribution in [0.1, 0.15) is 23.1 Å². The van der Waals surface area contributed by atoms with Gasteiger partial charge in [-0.2, -0.15) is 5.10 Å². The SMILES string of the molecule is CN(C)c1ccc(C=NNC(=O)[C@@H]2CC2(c2ccccc2)c2ccccc2)cc1. The van der Waals surface area contributed by atoms with Gasteiger partial charge in [0.05, 0.1) is 12.1 Å². The van der Waals surface area contributed by atoms with E-state index in [0.29, 0.717) is 0 Å². The molecule has 1 amide bonds. The first-order chi connectivity index (χ1) is 14.1. The largest absolute Gasteiger partial charge is 0.378 e. The summed E-state index contributed by atoms with van der Waals surface area (Å²) in [6.07, 6.45) is 2.48. The van der Waals surface area contributed by atoms with Crippen LogP contribution in [-0.2, 0) is 10.2 Å². The third-order valence-electron chi connectivity index (χ3n) is 5.65. The van der Waals surface area contributed by atoms with E-state index >= 15 is 0 Å². The van der Waals surface area contributed by atoms with Crippen LogP contribution in [0.15, 0.2) is 90.0 Å². The number of amides is 1. The minimum Gasteiger partial charge on any atom is -0.378 e. The molecule has 1 atom stereocenters. The van der Waals surface area contributed by atoms with E-state index in [1.807, 2.05) is 79.7 Å². The molecule has 29 heavy (non-hydrogen) atoms. The molecule has 1 N–H and O–H groups in total. The van der Waals surface area contributed by atoms with Crippen LogP contribution in [0, 0.1) is 5.92 Å². The van der Waals surface area contributed by atoms with Gasteiger partial charge in [0.2, 0.25) is 5.91 Å². The van der Waals surface area contributed by atoms with Gasteiger partial charge >= 0.3 is 0 Å². The number of nitrogens with one attached hydrogen (secondary N) is 1. The molecule has 1 fully saturated rings. The Hall–Kier alpha value is -3.40. The van der Waals surface area contributed by atoms with Crippen LogP contribution in [-0.4, -0.2) is 26.2 Å². The topological polar surface area (TPSA) is 44.7 Å². The molecule has 146 valence electrons. The number of hydrazone groups is 1. The average Bonchev–Trinajstić information content (AvgIpc) is 3.52. The van der Waals surface area contributed by atoms with Crippen LogP contribution >= 0.6 is 0 Å². The van der Waals surface area contributed by atoms with E-state index in [9.17, 15) is 4.79 Å². The van der Waals surface area contributed by atoms with Crippen molar-refractivity contribution >= 4 is 17.8 Å². The van der Waals surface area contributed by atoms with Crippen LogP contribution in [0.4, 0.5) is 5.69 Å². The number of hydrogen-bond acceptors (Lipinski definition) is 3. The second kappa shape index (κ2) is 7.92. The van der Waals surface area contributed by atoms with Crippen molar-refractivity contribution in [1.82, 2.24) is 5.43 Å². The van der Waals surface area contributed by atoms with Gasteiger partial charge in [0.15, 0.2) is 0 Å². The Bertz CT molecular complexity index is 956. The van der Waals surface area contributed by atoms with Crippen LogP contribution in [0.25, 0.3) is 0 Å². The van der Waals surface area contributed by atoms with E-state index < -0.39 is 0 Å². The molecule has 0 aromatic heterocycles. The maximum atomic E-state index is 12.9. The van der Waals surface area contributed by atoms with E-state index in [1.165, 1.54) is 11.1 Å². The summed E-state index contributed by atoms with van der Waals surface area (Å²) in [6.45, 7) is 0. The molecule has 4 rings (SSSR count). The van der Waals surface area contributed by atoms with Gasteiger partial charge in [-0.1, -0.05) is 72.8 Å². The lowest BCUT2D eigenvalue weighted by molar-refractivity contribution is -0.122. The fourth-order valence-electron chi connectivity index (χ4n) is 3.96. The van der Waals surface area contributed by atoms with Crippen molar-refractivity contribution < 1.29 is 4.79 Å². The van der Waals surface area contributed by atoms with Crippen molar-refractivity contribution in [2.75, 3.05) is 19.0 Å². The number of hydrogen-bond donors (Lipinski definition) is 1. The Morgan fingerprint density at radius 1 is 0.931 bits per heavy atom. The molecule has 4 heteroatoms. The van der Waals surface area contributed by atoms with Gasteiger partial charge in [-0.25, -0.2) is 5.43 Å². The standard InChI is InChI=1S/C25H25N3O/c1-28(2)22-15-13-19(14-16-22)18-26-27-24(29)23-17-25(23,20-9-5-3-6-10-20)21-11-7-4-8-12-21/h3-16,18,23H,17H2,1-2H3,(H,27,29)/t23-/m0/s1. The molecule has 3 aromatic carbocycles. The Morgan fingerprint density at radius 2 is 1.48 bits per heavy atom. The van der Waals surface area contributed by atoms with Gasteiger partial charge < -0.3 is 4.90 Å². The van der Waals surface area contributed by atoms with E-state index in [4.69, 9.17) is 0 Å². The molecular formula is C25H25N3O. The molecule has 0 bridgehead atoms. The quantitative estimate of drug-likeness (QED) is 0.512. The lowest BCUT2D eigenvalue weighted by Gasteiger charge is -2.18. The van der Waals surface area contributed by atoms with E-state index in [-0.39, 0.29) is 17.2 Å². The maximum absolute atomic E-state index is 12.9. The molecular weight excluding hydrogens is 358 g/mol. The summed E-state index contributed by atoms with van der Waals surface area (Å²) in [7, 11) is 4.01. The molecule has 0 aliphatic heterocycles. The normalized spacial score (nSPS) is 17.1. The number of anilines is 1. The smallest absolute Gasteiger partial charge is 0.244 e. The molecule has 1 saturated carbocycles. The first-order valence-electron chi connectivity index (χ1n) is 9.82. The Kier molecular flexibility index (Phi) is 5.17. The second-order valence-electron chi connectivity index (χ2n) is 7.68. The summed E-state index contributed by atoms with van der Waals surface area (Å²) in [6, 6.07) is 28.6. The van der Waals surface area contributed by atoms with Crippen molar-refractivity contribution in [3.05, 3.63) is 102 Å². The Balaban J connectivity index is 1.49. The Morgan fingerprint density at radius 3 is 2.00 bits per heavy atom. The highest BCUT2D eigenvalue weighted by molar-refractivity contribution is 5.87. The predicted octanol–water partition coefficient (Wildman–Crippen LogP) is 4.21. The molecule has 1 aliphatic carbocycles. The number of benzene rings is 3. The second-order valence-corrected chi connectivity index (χ2v) is 7.68. The Labute approximate surface area is 171 Å². The van der Waals surface area contributed by atoms with Crippen molar-refractivity contribution in [2.45, 2.75) is 11.8 Å². The summed E-state index contributed by atoms with van der Waals surface area (Å²) < 4.78 is 0. The summed E-state index contributed by atoms with van der Waals surface area (Å²) in [5.74, 6) is -0.167. The molecule has 3 aromatic rings. The van der Waals surface area contributed by atoms with E-state index in [2.05, 4.69) is 34.8 Å². The van der Waals surface area contributed by atoms with Crippen molar-refractivity contribution in [2.24, 2.45) is 11.0 Å². The zero-order valence-corrected chi connectivity index (χ0v) is 16.7. The van der Waals surface area contributed by atoms with E-state index in [1.54, 1.807) is 6.21 Å². The number of carbonyl (C=O) groups is 1. The van der Waals surface area contributed by atoms with Crippen LogP contribution < -0.4 is 10.3 Å². The summed E-state index contributed by atoms with van der Waals surface area (Å²) >= 11 is 0. The molecule has 0 saturated heterocycles. The fraction of sp³-hybridized carbons (Fsp3) is 0.200. The van der Waals surface area contributed by atoms with Crippen molar-refractivity contribution in [3.63, 3.8) is 0 Å².